The maximum atomic E-state index is 11.4. The fourth-order valence-corrected chi connectivity index (χ4v) is 2.30. The van der Waals surface area contributed by atoms with E-state index in [2.05, 4.69) is 14.9 Å². The second-order valence-corrected chi connectivity index (χ2v) is 4.94. The predicted molar refractivity (Wildman–Crippen MR) is 68.7 cm³/mol. The number of hydrogen-bond donors (Lipinski definition) is 1. The van der Waals surface area contributed by atoms with Gasteiger partial charge in [0.25, 0.3) is 5.56 Å². The Morgan fingerprint density at radius 3 is 3.00 bits per heavy atom. The van der Waals surface area contributed by atoms with E-state index < -0.39 is 0 Å². The van der Waals surface area contributed by atoms with Crippen LogP contribution in [0.1, 0.15) is 12.8 Å². The lowest BCUT2D eigenvalue weighted by Gasteiger charge is -2.22. The number of rotatable bonds is 4. The van der Waals surface area contributed by atoms with Gasteiger partial charge < -0.3 is 9.88 Å². The van der Waals surface area contributed by atoms with Gasteiger partial charge in [-0.15, -0.1) is 11.6 Å². The Hall–Kier alpha value is -0.300. The summed E-state index contributed by atoms with van der Waals surface area (Å²) in [5.74, 6) is 1.32. The molecule has 1 aliphatic rings. The van der Waals surface area contributed by atoms with Gasteiger partial charge in [-0.05, 0) is 35.4 Å². The third-order valence-corrected chi connectivity index (χ3v) is 3.50. The maximum absolute atomic E-state index is 11.4. The third-order valence-electron chi connectivity index (χ3n) is 2.36. The molecule has 82 valence electrons. The minimum absolute atomic E-state index is 0.0826. The number of aromatic nitrogens is 2. The zero-order chi connectivity index (χ0) is 10.8. The Balaban J connectivity index is 2.32. The smallest absolute Gasteiger partial charge is 0.266 e. The number of nitrogens with one attached hydrogen (secondary N) is 1. The number of halogens is 2. The first-order valence-electron chi connectivity index (χ1n) is 4.80. The molecule has 0 atom stereocenters. The number of H-pyrrole nitrogens is 1. The zero-order valence-electron chi connectivity index (χ0n) is 8.04. The largest absolute Gasteiger partial charge is 0.351 e. The van der Waals surface area contributed by atoms with Crippen LogP contribution in [0.15, 0.2) is 11.1 Å². The summed E-state index contributed by atoms with van der Waals surface area (Å²) in [4.78, 5) is 20.3. The van der Waals surface area contributed by atoms with Crippen molar-refractivity contribution in [1.82, 2.24) is 9.97 Å². The fraction of sp³-hybridized carbons (Fsp3) is 0.556. The van der Waals surface area contributed by atoms with Gasteiger partial charge in [0.2, 0.25) is 0 Å². The van der Waals surface area contributed by atoms with Crippen LogP contribution in [0.3, 0.4) is 0 Å². The van der Waals surface area contributed by atoms with Gasteiger partial charge >= 0.3 is 0 Å². The number of alkyl halides is 1. The average molecular weight is 340 g/mol. The minimum atomic E-state index is -0.0826. The van der Waals surface area contributed by atoms with E-state index in [9.17, 15) is 4.79 Å². The normalized spacial score (nSPS) is 15.3. The molecular weight excluding hydrogens is 328 g/mol. The highest BCUT2D eigenvalue weighted by atomic mass is 127. The molecule has 0 unspecified atom stereocenters. The van der Waals surface area contributed by atoms with Crippen molar-refractivity contribution in [2.24, 2.45) is 0 Å². The van der Waals surface area contributed by atoms with E-state index in [0.717, 1.165) is 12.4 Å². The number of anilines is 1. The van der Waals surface area contributed by atoms with Gasteiger partial charge in [-0.3, -0.25) is 4.79 Å². The van der Waals surface area contributed by atoms with E-state index in [1.165, 1.54) is 19.2 Å². The molecule has 6 heteroatoms. The molecule has 1 heterocycles. The highest BCUT2D eigenvalue weighted by Crippen LogP contribution is 2.31. The van der Waals surface area contributed by atoms with Crippen molar-refractivity contribution >= 4 is 40.0 Å². The van der Waals surface area contributed by atoms with Crippen molar-refractivity contribution in [3.63, 3.8) is 0 Å². The van der Waals surface area contributed by atoms with E-state index >= 15 is 0 Å². The van der Waals surface area contributed by atoms with Crippen molar-refractivity contribution in [2.75, 3.05) is 17.3 Å². The Morgan fingerprint density at radius 1 is 1.67 bits per heavy atom. The van der Waals surface area contributed by atoms with Crippen LogP contribution < -0.4 is 10.5 Å². The fourth-order valence-electron chi connectivity index (χ4n) is 1.51. The molecule has 0 spiro atoms. The van der Waals surface area contributed by atoms with Crippen molar-refractivity contribution in [2.45, 2.75) is 18.9 Å². The molecule has 0 amide bonds. The molecule has 1 fully saturated rings. The van der Waals surface area contributed by atoms with Crippen LogP contribution in [0.4, 0.5) is 5.82 Å². The molecule has 1 aliphatic carbocycles. The van der Waals surface area contributed by atoms with Gasteiger partial charge in [0.05, 0.1) is 6.33 Å². The summed E-state index contributed by atoms with van der Waals surface area (Å²) in [6.07, 6.45) is 3.78. The van der Waals surface area contributed by atoms with Crippen LogP contribution >= 0.6 is 34.2 Å². The molecule has 1 aromatic heterocycles. The second-order valence-electron chi connectivity index (χ2n) is 3.48. The average Bonchev–Trinajstić information content (AvgIpc) is 3.03. The summed E-state index contributed by atoms with van der Waals surface area (Å²) in [6.45, 7) is 0.749. The van der Waals surface area contributed by atoms with Crippen molar-refractivity contribution in [3.8, 4) is 0 Å². The van der Waals surface area contributed by atoms with Crippen LogP contribution in [0.2, 0.25) is 0 Å². The molecule has 0 radical (unpaired) electrons. The zero-order valence-corrected chi connectivity index (χ0v) is 11.0. The summed E-state index contributed by atoms with van der Waals surface area (Å²) in [7, 11) is 0. The molecule has 0 aromatic carbocycles. The Morgan fingerprint density at radius 2 is 2.40 bits per heavy atom. The van der Waals surface area contributed by atoms with Gasteiger partial charge in [-0.25, -0.2) is 4.98 Å². The Labute approximate surface area is 106 Å². The predicted octanol–water partition coefficient (Wildman–Crippen LogP) is 1.58. The number of hydrogen-bond acceptors (Lipinski definition) is 3. The highest BCUT2D eigenvalue weighted by molar-refractivity contribution is 14.1. The maximum Gasteiger partial charge on any atom is 0.266 e. The molecule has 2 rings (SSSR count). The molecule has 0 saturated heterocycles. The van der Waals surface area contributed by atoms with Gasteiger partial charge in [0.1, 0.15) is 9.39 Å². The molecule has 0 aliphatic heterocycles. The molecule has 1 aromatic rings. The first-order chi connectivity index (χ1) is 7.24. The Bertz CT molecular complexity index is 405. The first kappa shape index (κ1) is 11.2. The van der Waals surface area contributed by atoms with Gasteiger partial charge in [-0.2, -0.15) is 0 Å². The van der Waals surface area contributed by atoms with Crippen LogP contribution in [0.25, 0.3) is 0 Å². The second kappa shape index (κ2) is 4.69. The topological polar surface area (TPSA) is 49.0 Å². The first-order valence-corrected chi connectivity index (χ1v) is 6.41. The summed E-state index contributed by atoms with van der Waals surface area (Å²) in [5, 5.41) is 0. The third kappa shape index (κ3) is 2.44. The van der Waals surface area contributed by atoms with Crippen molar-refractivity contribution < 1.29 is 0 Å². The van der Waals surface area contributed by atoms with Crippen molar-refractivity contribution in [1.29, 1.82) is 0 Å². The molecule has 1 saturated carbocycles. The van der Waals surface area contributed by atoms with Gasteiger partial charge in [0.15, 0.2) is 0 Å². The SMILES string of the molecule is O=c1[nH]cnc(N(CCCl)C2CC2)c1I. The van der Waals surface area contributed by atoms with Crippen LogP contribution in [-0.2, 0) is 0 Å². The molecule has 15 heavy (non-hydrogen) atoms. The molecule has 0 bridgehead atoms. The van der Waals surface area contributed by atoms with Crippen LogP contribution in [0.5, 0.6) is 0 Å². The monoisotopic (exact) mass is 339 g/mol. The van der Waals surface area contributed by atoms with E-state index in [1.807, 2.05) is 22.6 Å². The highest BCUT2D eigenvalue weighted by Gasteiger charge is 2.31. The van der Waals surface area contributed by atoms with E-state index in [4.69, 9.17) is 11.6 Å². The lowest BCUT2D eigenvalue weighted by Crippen LogP contribution is -2.31. The van der Waals surface area contributed by atoms with Crippen molar-refractivity contribution in [3.05, 3.63) is 20.3 Å². The summed E-state index contributed by atoms with van der Waals surface area (Å²) in [6, 6.07) is 0.520. The summed E-state index contributed by atoms with van der Waals surface area (Å²) < 4.78 is 0.645. The number of nitrogens with zero attached hydrogens (tertiary/aromatic N) is 2. The van der Waals surface area contributed by atoms with Crippen LogP contribution in [-0.4, -0.2) is 28.4 Å². The van der Waals surface area contributed by atoms with E-state index in [-0.39, 0.29) is 5.56 Å². The minimum Gasteiger partial charge on any atom is -0.351 e. The molecule has 1 N–H and O–H groups in total. The Kier molecular flexibility index (Phi) is 3.50. The van der Waals surface area contributed by atoms with E-state index in [1.54, 1.807) is 0 Å². The molecular formula is C9H11ClIN3O. The van der Waals surface area contributed by atoms with Crippen LogP contribution in [0, 0.1) is 3.57 Å². The van der Waals surface area contributed by atoms with Gasteiger partial charge in [0, 0.05) is 18.5 Å². The summed E-state index contributed by atoms with van der Waals surface area (Å²) >= 11 is 7.78. The quantitative estimate of drug-likeness (QED) is 0.669. The summed E-state index contributed by atoms with van der Waals surface area (Å²) in [5.41, 5.74) is -0.0826. The van der Waals surface area contributed by atoms with Gasteiger partial charge in [-0.1, -0.05) is 0 Å². The number of aromatic amines is 1. The standard InChI is InChI=1S/C9H11ClIN3O/c10-3-4-14(6-1-2-6)8-7(11)9(15)13-5-12-8/h5-6H,1-4H2,(H,12,13,15). The van der Waals surface area contributed by atoms with E-state index in [0.29, 0.717) is 15.5 Å². The lowest BCUT2D eigenvalue weighted by atomic mass is 10.4. The lowest BCUT2D eigenvalue weighted by molar-refractivity contribution is 0.801. The molecule has 4 nitrogen and oxygen atoms in total.